The Morgan fingerprint density at radius 3 is 2.89 bits per heavy atom. The predicted octanol–water partition coefficient (Wildman–Crippen LogP) is 2.53. The molecule has 0 saturated carbocycles. The Hall–Kier alpha value is 0.0500. The van der Waals surface area contributed by atoms with Gasteiger partial charge in [0.1, 0.15) is 4.90 Å². The lowest BCUT2D eigenvalue weighted by atomic mass is 10.2. The van der Waals surface area contributed by atoms with Crippen LogP contribution >= 0.6 is 27.3 Å². The molecule has 1 aromatic heterocycles. The second kappa shape index (κ2) is 5.58. The summed E-state index contributed by atoms with van der Waals surface area (Å²) in [5.41, 5.74) is 5.56. The highest BCUT2D eigenvalue weighted by Crippen LogP contribution is 2.36. The molecule has 0 amide bonds. The minimum absolute atomic E-state index is 0.142. The summed E-state index contributed by atoms with van der Waals surface area (Å²) in [6.45, 7) is 3.03. The van der Waals surface area contributed by atoms with Gasteiger partial charge in [0.15, 0.2) is 0 Å². The fourth-order valence-electron chi connectivity index (χ4n) is 2.33. The van der Waals surface area contributed by atoms with E-state index in [-0.39, 0.29) is 6.04 Å². The van der Waals surface area contributed by atoms with Crippen molar-refractivity contribution in [2.24, 2.45) is 5.73 Å². The molecule has 1 atom stereocenters. The predicted molar refractivity (Wildman–Crippen MR) is 77.1 cm³/mol. The first-order chi connectivity index (χ1) is 8.50. The summed E-state index contributed by atoms with van der Waals surface area (Å²) < 4.78 is 27.5. The maximum absolute atomic E-state index is 12.6. The number of nitrogens with two attached hydrogens (primary N) is 1. The topological polar surface area (TPSA) is 63.4 Å². The third-order valence-electron chi connectivity index (χ3n) is 3.29. The molecule has 1 fully saturated rings. The summed E-state index contributed by atoms with van der Waals surface area (Å²) in [5, 5.41) is 0. The molecule has 7 heteroatoms. The summed E-state index contributed by atoms with van der Waals surface area (Å²) in [4.78, 5) is 1.25. The highest BCUT2D eigenvalue weighted by atomic mass is 79.9. The molecule has 2 heterocycles. The fourth-order valence-corrected chi connectivity index (χ4v) is 6.61. The Balaban J connectivity index is 2.38. The van der Waals surface area contributed by atoms with Crippen LogP contribution in [0.5, 0.6) is 0 Å². The van der Waals surface area contributed by atoms with Crippen molar-refractivity contribution in [3.8, 4) is 0 Å². The Bertz CT molecular complexity index is 527. The van der Waals surface area contributed by atoms with Crippen molar-refractivity contribution in [3.05, 3.63) is 14.7 Å². The molecule has 1 aliphatic rings. The number of halogens is 1. The molecule has 18 heavy (non-hydrogen) atoms. The summed E-state index contributed by atoms with van der Waals surface area (Å²) in [6, 6.07) is 1.83. The van der Waals surface area contributed by atoms with E-state index < -0.39 is 10.0 Å². The first kappa shape index (κ1) is 14.5. The molecule has 1 unspecified atom stereocenters. The molecule has 0 aromatic carbocycles. The van der Waals surface area contributed by atoms with E-state index in [1.165, 1.54) is 11.3 Å². The maximum atomic E-state index is 12.6. The normalized spacial score (nSPS) is 21.6. The zero-order valence-corrected chi connectivity index (χ0v) is 13.4. The summed E-state index contributed by atoms with van der Waals surface area (Å²) in [6.07, 6.45) is 2.77. The van der Waals surface area contributed by atoms with Crippen LogP contribution < -0.4 is 5.73 Å². The molecule has 0 aliphatic carbocycles. The van der Waals surface area contributed by atoms with Gasteiger partial charge in [0.25, 0.3) is 0 Å². The van der Waals surface area contributed by atoms with Crippen LogP contribution in [0.1, 0.15) is 31.1 Å². The Labute approximate surface area is 120 Å². The van der Waals surface area contributed by atoms with Gasteiger partial charge in [0.2, 0.25) is 10.0 Å². The minimum Gasteiger partial charge on any atom is -0.326 e. The molecule has 1 aromatic rings. The molecular formula is C11H17BrN2O2S2. The van der Waals surface area contributed by atoms with E-state index in [0.29, 0.717) is 21.8 Å². The monoisotopic (exact) mass is 352 g/mol. The van der Waals surface area contributed by atoms with Gasteiger partial charge in [0, 0.05) is 24.0 Å². The lowest BCUT2D eigenvalue weighted by Crippen LogP contribution is -2.35. The van der Waals surface area contributed by atoms with Crippen molar-refractivity contribution in [1.82, 2.24) is 4.31 Å². The van der Waals surface area contributed by atoms with Crippen molar-refractivity contribution >= 4 is 37.3 Å². The van der Waals surface area contributed by atoms with E-state index in [2.05, 4.69) is 15.9 Å². The molecule has 102 valence electrons. The quantitative estimate of drug-likeness (QED) is 0.905. The van der Waals surface area contributed by atoms with E-state index in [4.69, 9.17) is 5.73 Å². The Morgan fingerprint density at radius 1 is 1.61 bits per heavy atom. The standard InChI is InChI=1S/C11H17BrN2O2S2/c1-2-8-4-3-5-14(8)18(15,16)10-6-9(7-13)17-11(10)12/h6,8H,2-5,7,13H2,1H3. The second-order valence-corrected chi connectivity index (χ2v) is 8.69. The molecule has 4 nitrogen and oxygen atoms in total. The van der Waals surface area contributed by atoms with E-state index in [1.54, 1.807) is 10.4 Å². The zero-order valence-electron chi connectivity index (χ0n) is 10.2. The Morgan fingerprint density at radius 2 is 2.33 bits per heavy atom. The van der Waals surface area contributed by atoms with Crippen LogP contribution in [0.2, 0.25) is 0 Å². The number of sulfonamides is 1. The van der Waals surface area contributed by atoms with Gasteiger partial charge in [-0.15, -0.1) is 11.3 Å². The average Bonchev–Trinajstić information content (AvgIpc) is 2.94. The van der Waals surface area contributed by atoms with E-state index in [0.717, 1.165) is 24.1 Å². The van der Waals surface area contributed by atoms with Gasteiger partial charge in [-0.2, -0.15) is 4.31 Å². The highest BCUT2D eigenvalue weighted by molar-refractivity contribution is 9.11. The molecule has 0 bridgehead atoms. The smallest absolute Gasteiger partial charge is 0.245 e. The largest absolute Gasteiger partial charge is 0.326 e. The van der Waals surface area contributed by atoms with Gasteiger partial charge in [-0.25, -0.2) is 8.42 Å². The first-order valence-electron chi connectivity index (χ1n) is 6.00. The second-order valence-electron chi connectivity index (χ2n) is 4.37. The molecule has 1 saturated heterocycles. The van der Waals surface area contributed by atoms with E-state index >= 15 is 0 Å². The molecule has 2 N–H and O–H groups in total. The van der Waals surface area contributed by atoms with Gasteiger partial charge in [-0.05, 0) is 41.3 Å². The third-order valence-corrected chi connectivity index (χ3v) is 7.51. The maximum Gasteiger partial charge on any atom is 0.245 e. The lowest BCUT2D eigenvalue weighted by molar-refractivity contribution is 0.379. The SMILES string of the molecule is CCC1CCCN1S(=O)(=O)c1cc(CN)sc1Br. The molecular weight excluding hydrogens is 336 g/mol. The van der Waals surface area contributed by atoms with Crippen LogP contribution in [0.25, 0.3) is 0 Å². The summed E-state index contributed by atoms with van der Waals surface area (Å²) in [7, 11) is -3.38. The first-order valence-corrected chi connectivity index (χ1v) is 9.05. The van der Waals surface area contributed by atoms with Crippen molar-refractivity contribution in [2.45, 2.75) is 43.7 Å². The van der Waals surface area contributed by atoms with Gasteiger partial charge in [0.05, 0.1) is 3.79 Å². The molecule has 0 spiro atoms. The number of rotatable bonds is 4. The van der Waals surface area contributed by atoms with Crippen LogP contribution in [-0.4, -0.2) is 25.3 Å². The van der Waals surface area contributed by atoms with Crippen LogP contribution in [0, 0.1) is 0 Å². The van der Waals surface area contributed by atoms with Crippen LogP contribution in [0.4, 0.5) is 0 Å². The van der Waals surface area contributed by atoms with E-state index in [9.17, 15) is 8.42 Å². The number of nitrogens with zero attached hydrogens (tertiary/aromatic N) is 1. The third kappa shape index (κ3) is 2.51. The van der Waals surface area contributed by atoms with Crippen molar-refractivity contribution in [2.75, 3.05) is 6.54 Å². The highest BCUT2D eigenvalue weighted by Gasteiger charge is 2.35. The average molecular weight is 353 g/mol. The van der Waals surface area contributed by atoms with Crippen molar-refractivity contribution in [3.63, 3.8) is 0 Å². The van der Waals surface area contributed by atoms with Crippen molar-refractivity contribution in [1.29, 1.82) is 0 Å². The number of hydrogen-bond donors (Lipinski definition) is 1. The van der Waals surface area contributed by atoms with Gasteiger partial charge < -0.3 is 5.73 Å². The number of hydrogen-bond acceptors (Lipinski definition) is 4. The molecule has 2 rings (SSSR count). The molecule has 0 radical (unpaired) electrons. The van der Waals surface area contributed by atoms with Crippen LogP contribution in [0.3, 0.4) is 0 Å². The molecule has 1 aliphatic heterocycles. The Kier molecular flexibility index (Phi) is 4.48. The van der Waals surface area contributed by atoms with Crippen molar-refractivity contribution < 1.29 is 8.42 Å². The lowest BCUT2D eigenvalue weighted by Gasteiger charge is -2.22. The fraction of sp³-hybridized carbons (Fsp3) is 0.636. The van der Waals surface area contributed by atoms with Crippen LogP contribution in [-0.2, 0) is 16.6 Å². The summed E-state index contributed by atoms with van der Waals surface area (Å²) >= 11 is 4.73. The van der Waals surface area contributed by atoms with Gasteiger partial charge >= 0.3 is 0 Å². The van der Waals surface area contributed by atoms with Gasteiger partial charge in [-0.3, -0.25) is 0 Å². The van der Waals surface area contributed by atoms with Crippen LogP contribution in [0.15, 0.2) is 14.7 Å². The van der Waals surface area contributed by atoms with Gasteiger partial charge in [-0.1, -0.05) is 6.92 Å². The van der Waals surface area contributed by atoms with E-state index in [1.807, 2.05) is 6.92 Å². The number of thiophene rings is 1. The summed E-state index contributed by atoms with van der Waals surface area (Å²) in [5.74, 6) is 0. The minimum atomic E-state index is -3.38. The zero-order chi connectivity index (χ0) is 13.3.